The second kappa shape index (κ2) is 4.18. The van der Waals surface area contributed by atoms with Gasteiger partial charge < -0.3 is 9.73 Å². The summed E-state index contributed by atoms with van der Waals surface area (Å²) in [5.74, 6) is 0.0938. The number of furan rings is 1. The molecule has 0 atom stereocenters. The van der Waals surface area contributed by atoms with Crippen molar-refractivity contribution in [1.82, 2.24) is 0 Å². The molecule has 0 bridgehead atoms. The average Bonchev–Trinajstić information content (AvgIpc) is 2.68. The van der Waals surface area contributed by atoms with Gasteiger partial charge in [-0.1, -0.05) is 19.1 Å². The molecule has 0 aliphatic rings. The van der Waals surface area contributed by atoms with Crippen molar-refractivity contribution >= 4 is 28.8 Å². The van der Waals surface area contributed by atoms with E-state index in [1.165, 1.54) is 0 Å². The number of nitrogens with one attached hydrogen (secondary N) is 1. The van der Waals surface area contributed by atoms with E-state index >= 15 is 0 Å². The Balaban J connectivity index is 2.67. The van der Waals surface area contributed by atoms with Crippen LogP contribution in [0.25, 0.3) is 11.0 Å². The van der Waals surface area contributed by atoms with Crippen molar-refractivity contribution in [2.45, 2.75) is 13.3 Å². The van der Waals surface area contributed by atoms with Crippen LogP contribution in [0.1, 0.15) is 23.9 Å². The van der Waals surface area contributed by atoms with E-state index < -0.39 is 0 Å². The predicted octanol–water partition coefficient (Wildman–Crippen LogP) is 2.59. The van der Waals surface area contributed by atoms with Gasteiger partial charge in [-0.3, -0.25) is 9.59 Å². The molecule has 4 heteroatoms. The van der Waals surface area contributed by atoms with Gasteiger partial charge in [0.2, 0.25) is 6.41 Å². The monoisotopic (exact) mass is 217 g/mol. The number of hydrogen-bond donors (Lipinski definition) is 1. The van der Waals surface area contributed by atoms with Crippen molar-refractivity contribution in [3.05, 3.63) is 30.0 Å². The number of hydrogen-bond acceptors (Lipinski definition) is 3. The third-order valence-electron chi connectivity index (χ3n) is 2.37. The summed E-state index contributed by atoms with van der Waals surface area (Å²) in [4.78, 5) is 22.1. The van der Waals surface area contributed by atoms with Crippen molar-refractivity contribution in [1.29, 1.82) is 0 Å². The number of ketones is 1. The molecule has 0 aliphatic carbocycles. The Morgan fingerprint density at radius 3 is 2.88 bits per heavy atom. The highest BCUT2D eigenvalue weighted by atomic mass is 16.3. The highest BCUT2D eigenvalue weighted by Gasteiger charge is 2.18. The predicted molar refractivity (Wildman–Crippen MR) is 60.5 cm³/mol. The molecule has 2 rings (SSSR count). The largest absolute Gasteiger partial charge is 0.451 e. The fraction of sp³-hybridized carbons (Fsp3) is 0.167. The minimum atomic E-state index is -0.124. The Hall–Kier alpha value is -2.10. The van der Waals surface area contributed by atoms with Crippen LogP contribution in [-0.2, 0) is 4.79 Å². The number of anilines is 1. The van der Waals surface area contributed by atoms with E-state index in [4.69, 9.17) is 4.42 Å². The molecule has 1 heterocycles. The molecular formula is C12H11NO3. The molecule has 4 nitrogen and oxygen atoms in total. The zero-order chi connectivity index (χ0) is 11.5. The van der Waals surface area contributed by atoms with Gasteiger partial charge in [0.1, 0.15) is 5.58 Å². The maximum absolute atomic E-state index is 11.6. The molecule has 1 aromatic heterocycles. The van der Waals surface area contributed by atoms with Gasteiger partial charge in [-0.2, -0.15) is 0 Å². The van der Waals surface area contributed by atoms with Crippen LogP contribution in [0, 0.1) is 0 Å². The molecule has 1 amide bonds. The Labute approximate surface area is 92.2 Å². The lowest BCUT2D eigenvalue weighted by Gasteiger charge is -1.97. The van der Waals surface area contributed by atoms with Crippen molar-refractivity contribution in [3.63, 3.8) is 0 Å². The number of rotatable bonds is 4. The Morgan fingerprint density at radius 2 is 2.19 bits per heavy atom. The first-order valence-electron chi connectivity index (χ1n) is 5.02. The number of amides is 1. The fourth-order valence-corrected chi connectivity index (χ4v) is 1.60. The summed E-state index contributed by atoms with van der Waals surface area (Å²) in [6.07, 6.45) is 0.886. The van der Waals surface area contributed by atoms with Gasteiger partial charge in [-0.25, -0.2) is 0 Å². The first kappa shape index (κ1) is 10.4. The van der Waals surface area contributed by atoms with Crippen LogP contribution in [-0.4, -0.2) is 12.2 Å². The van der Waals surface area contributed by atoms with E-state index in [2.05, 4.69) is 5.32 Å². The lowest BCUT2D eigenvalue weighted by molar-refractivity contribution is -0.105. The summed E-state index contributed by atoms with van der Waals surface area (Å²) in [6.45, 7) is 1.75. The molecule has 0 spiro atoms. The zero-order valence-electron chi connectivity index (χ0n) is 8.82. The van der Waals surface area contributed by atoms with E-state index in [1.54, 1.807) is 19.1 Å². The Bertz CT molecular complexity index is 542. The van der Waals surface area contributed by atoms with E-state index in [0.29, 0.717) is 24.1 Å². The molecule has 82 valence electrons. The van der Waals surface area contributed by atoms with Crippen molar-refractivity contribution in [2.24, 2.45) is 0 Å². The molecule has 0 fully saturated rings. The maximum atomic E-state index is 11.6. The topological polar surface area (TPSA) is 59.3 Å². The van der Waals surface area contributed by atoms with E-state index in [-0.39, 0.29) is 11.5 Å². The van der Waals surface area contributed by atoms with E-state index in [0.717, 1.165) is 5.39 Å². The van der Waals surface area contributed by atoms with Crippen molar-refractivity contribution in [2.75, 3.05) is 5.32 Å². The summed E-state index contributed by atoms with van der Waals surface area (Å²) < 4.78 is 5.43. The van der Waals surface area contributed by atoms with Crippen LogP contribution < -0.4 is 5.32 Å². The molecule has 0 saturated carbocycles. The summed E-state index contributed by atoms with van der Waals surface area (Å²) >= 11 is 0. The van der Waals surface area contributed by atoms with Crippen LogP contribution in [0.3, 0.4) is 0 Å². The molecule has 0 unspecified atom stereocenters. The summed E-state index contributed by atoms with van der Waals surface area (Å²) in [7, 11) is 0. The fourth-order valence-electron chi connectivity index (χ4n) is 1.60. The third-order valence-corrected chi connectivity index (χ3v) is 2.37. The van der Waals surface area contributed by atoms with Crippen LogP contribution in [0.15, 0.2) is 28.7 Å². The molecule has 1 aromatic carbocycles. The molecule has 1 N–H and O–H groups in total. The van der Waals surface area contributed by atoms with E-state index in [1.807, 2.05) is 12.1 Å². The first-order chi connectivity index (χ1) is 7.77. The summed E-state index contributed by atoms with van der Waals surface area (Å²) in [6, 6.07) is 7.21. The Kier molecular flexibility index (Phi) is 2.72. The van der Waals surface area contributed by atoms with Crippen molar-refractivity contribution in [3.8, 4) is 0 Å². The normalized spacial score (nSPS) is 10.3. The second-order valence-corrected chi connectivity index (χ2v) is 3.34. The standard InChI is InChI=1S/C12H11NO3/c1-2-9(15)12-11(13-7-14)8-5-3-4-6-10(8)16-12/h3-7H,2H2,1H3,(H,13,14). The number of carbonyl (C=O) groups is 2. The third kappa shape index (κ3) is 1.58. The van der Waals surface area contributed by atoms with Gasteiger partial charge in [-0.15, -0.1) is 0 Å². The molecule has 2 aromatic rings. The molecule has 16 heavy (non-hydrogen) atoms. The Morgan fingerprint density at radius 1 is 1.44 bits per heavy atom. The van der Waals surface area contributed by atoms with Crippen LogP contribution >= 0.6 is 0 Å². The molecule has 0 radical (unpaired) electrons. The van der Waals surface area contributed by atoms with Crippen LogP contribution in [0.2, 0.25) is 0 Å². The minimum Gasteiger partial charge on any atom is -0.451 e. The maximum Gasteiger partial charge on any atom is 0.211 e. The van der Waals surface area contributed by atoms with Gasteiger partial charge in [0.15, 0.2) is 11.5 Å². The minimum absolute atomic E-state index is 0.124. The number of para-hydroxylation sites is 1. The quantitative estimate of drug-likeness (QED) is 0.632. The second-order valence-electron chi connectivity index (χ2n) is 3.34. The van der Waals surface area contributed by atoms with Crippen molar-refractivity contribution < 1.29 is 14.0 Å². The van der Waals surface area contributed by atoms with Crippen LogP contribution in [0.4, 0.5) is 5.69 Å². The smallest absolute Gasteiger partial charge is 0.211 e. The van der Waals surface area contributed by atoms with E-state index in [9.17, 15) is 9.59 Å². The number of Topliss-reactive ketones (excluding diaryl/α,β-unsaturated/α-hetero) is 1. The first-order valence-corrected chi connectivity index (χ1v) is 5.02. The highest BCUT2D eigenvalue weighted by Crippen LogP contribution is 2.31. The van der Waals surface area contributed by atoms with Gasteiger partial charge in [0.25, 0.3) is 0 Å². The summed E-state index contributed by atoms with van der Waals surface area (Å²) in [5.41, 5.74) is 1.06. The van der Waals surface area contributed by atoms with Crippen LogP contribution in [0.5, 0.6) is 0 Å². The van der Waals surface area contributed by atoms with Gasteiger partial charge in [-0.05, 0) is 12.1 Å². The highest BCUT2D eigenvalue weighted by molar-refractivity contribution is 6.09. The number of carbonyl (C=O) groups excluding carboxylic acids is 2. The number of benzene rings is 1. The van der Waals surface area contributed by atoms with Gasteiger partial charge >= 0.3 is 0 Å². The zero-order valence-corrected chi connectivity index (χ0v) is 8.82. The molecule has 0 aliphatic heterocycles. The SMILES string of the molecule is CCC(=O)c1oc2ccccc2c1NC=O. The summed E-state index contributed by atoms with van der Waals surface area (Å²) in [5, 5.41) is 3.26. The lowest BCUT2D eigenvalue weighted by atomic mass is 10.1. The van der Waals surface area contributed by atoms with Gasteiger partial charge in [0.05, 0.1) is 5.69 Å². The lowest BCUT2D eigenvalue weighted by Crippen LogP contribution is -2.01. The molecular weight excluding hydrogens is 206 g/mol. The molecule has 0 saturated heterocycles. The van der Waals surface area contributed by atoms with Gasteiger partial charge in [0, 0.05) is 11.8 Å². The number of fused-ring (bicyclic) bond motifs is 1. The average molecular weight is 217 g/mol.